The summed E-state index contributed by atoms with van der Waals surface area (Å²) in [4.78, 5) is 29.7. The van der Waals surface area contributed by atoms with E-state index in [4.69, 9.17) is 0 Å². The van der Waals surface area contributed by atoms with Crippen LogP contribution in [0.2, 0.25) is 0 Å². The zero-order chi connectivity index (χ0) is 21.6. The summed E-state index contributed by atoms with van der Waals surface area (Å²) in [5, 5.41) is 0. The number of hydrogen-bond donors (Lipinski definition) is 0. The molecular weight excluding hydrogens is 362 g/mol. The molecule has 2 amide bonds. The highest BCUT2D eigenvalue weighted by molar-refractivity contribution is 5.85. The van der Waals surface area contributed by atoms with E-state index >= 15 is 0 Å². The summed E-state index contributed by atoms with van der Waals surface area (Å²) in [5.74, 6) is -0.00890. The highest BCUT2D eigenvalue weighted by Crippen LogP contribution is 2.21. The second-order valence-corrected chi connectivity index (χ2v) is 9.20. The summed E-state index contributed by atoms with van der Waals surface area (Å²) in [6.07, 6.45) is 2.41. The van der Waals surface area contributed by atoms with Gasteiger partial charge in [0.15, 0.2) is 0 Å². The highest BCUT2D eigenvalue weighted by Gasteiger charge is 2.27. The van der Waals surface area contributed by atoms with Gasteiger partial charge in [0.05, 0.1) is 13.1 Å². The third kappa shape index (κ3) is 7.08. The van der Waals surface area contributed by atoms with Crippen LogP contribution in [0.5, 0.6) is 0 Å². The Labute approximate surface area is 175 Å². The van der Waals surface area contributed by atoms with Crippen LogP contribution in [-0.2, 0) is 29.7 Å². The lowest BCUT2D eigenvalue weighted by atomic mass is 9.91. The van der Waals surface area contributed by atoms with Crippen LogP contribution < -0.4 is 0 Å². The number of carbonyl (C=O) groups excluding carboxylic acids is 2. The van der Waals surface area contributed by atoms with E-state index in [9.17, 15) is 9.59 Å². The molecule has 0 spiro atoms. The maximum atomic E-state index is 13.3. The average molecular weight is 398 g/mol. The minimum Gasteiger partial charge on any atom is -0.353 e. The molecule has 0 radical (unpaired) electrons. The molecule has 0 saturated carbocycles. The first-order chi connectivity index (χ1) is 13.6. The highest BCUT2D eigenvalue weighted by atomic mass is 16.2. The van der Waals surface area contributed by atoms with Gasteiger partial charge in [0, 0.05) is 37.9 Å². The van der Waals surface area contributed by atoms with Gasteiger partial charge in [0.25, 0.3) is 0 Å². The van der Waals surface area contributed by atoms with Crippen LogP contribution in [0.15, 0.2) is 48.7 Å². The van der Waals surface area contributed by atoms with Gasteiger partial charge in [-0.05, 0) is 37.0 Å². The van der Waals surface area contributed by atoms with E-state index in [0.717, 1.165) is 11.3 Å². The Kier molecular flexibility index (Phi) is 7.66. The van der Waals surface area contributed by atoms with E-state index in [1.54, 1.807) is 4.90 Å². The summed E-state index contributed by atoms with van der Waals surface area (Å²) in [6, 6.07) is 14.0. The molecule has 2 rings (SSSR count). The lowest BCUT2D eigenvalue weighted by Crippen LogP contribution is -2.46. The molecule has 0 aliphatic heterocycles. The van der Waals surface area contributed by atoms with E-state index in [0.29, 0.717) is 19.5 Å². The molecular formula is C24H35N3O2. The normalized spacial score (nSPS) is 11.6. The summed E-state index contributed by atoms with van der Waals surface area (Å²) >= 11 is 0. The van der Waals surface area contributed by atoms with Crippen LogP contribution in [-0.4, -0.2) is 38.8 Å². The van der Waals surface area contributed by atoms with Crippen molar-refractivity contribution in [3.05, 3.63) is 59.9 Å². The molecule has 0 N–H and O–H groups in total. The third-order valence-electron chi connectivity index (χ3n) is 4.90. The fourth-order valence-electron chi connectivity index (χ4n) is 3.25. The Morgan fingerprint density at radius 1 is 0.966 bits per heavy atom. The fraction of sp³-hybridized carbons (Fsp3) is 0.500. The molecule has 0 aliphatic rings. The van der Waals surface area contributed by atoms with E-state index in [2.05, 4.69) is 0 Å². The lowest BCUT2D eigenvalue weighted by Gasteiger charge is -2.32. The summed E-state index contributed by atoms with van der Waals surface area (Å²) < 4.78 is 2.02. The summed E-state index contributed by atoms with van der Waals surface area (Å²) in [5.41, 5.74) is 2.03. The monoisotopic (exact) mass is 397 g/mol. The third-order valence-corrected chi connectivity index (χ3v) is 4.90. The van der Waals surface area contributed by atoms with Crippen molar-refractivity contribution >= 4 is 11.8 Å². The van der Waals surface area contributed by atoms with Crippen molar-refractivity contribution in [2.24, 2.45) is 12.5 Å². The Balaban J connectivity index is 2.20. The van der Waals surface area contributed by atoms with Crippen LogP contribution >= 0.6 is 0 Å². The Morgan fingerprint density at radius 2 is 1.62 bits per heavy atom. The van der Waals surface area contributed by atoms with Crippen molar-refractivity contribution in [1.29, 1.82) is 0 Å². The second-order valence-electron chi connectivity index (χ2n) is 9.20. The molecule has 1 aromatic carbocycles. The van der Waals surface area contributed by atoms with Crippen molar-refractivity contribution < 1.29 is 9.59 Å². The SMILES string of the molecule is CC(C)N(CC(=O)N(Cc1ccccc1)Cc1cccn1C)C(=O)CC(C)(C)C. The fourth-order valence-corrected chi connectivity index (χ4v) is 3.25. The van der Waals surface area contributed by atoms with Gasteiger partial charge in [-0.3, -0.25) is 9.59 Å². The van der Waals surface area contributed by atoms with Crippen molar-refractivity contribution in [1.82, 2.24) is 14.4 Å². The number of rotatable bonds is 8. The first-order valence-electron chi connectivity index (χ1n) is 10.3. The largest absolute Gasteiger partial charge is 0.353 e. The van der Waals surface area contributed by atoms with Gasteiger partial charge in [-0.15, -0.1) is 0 Å². The molecule has 5 nitrogen and oxygen atoms in total. The van der Waals surface area contributed by atoms with Gasteiger partial charge in [-0.1, -0.05) is 51.1 Å². The standard InChI is InChI=1S/C24H35N3O2/c1-19(2)27(22(28)15-24(3,4)5)18-23(29)26(16-20-11-8-7-9-12-20)17-21-13-10-14-25(21)6/h7-14,19H,15-18H2,1-6H3. The molecule has 1 aromatic heterocycles. The van der Waals surface area contributed by atoms with E-state index < -0.39 is 0 Å². The molecule has 0 aliphatic carbocycles. The lowest BCUT2D eigenvalue weighted by molar-refractivity contribution is -0.143. The minimum atomic E-state index is -0.111. The predicted octanol–water partition coefficient (Wildman–Crippen LogP) is 4.23. The molecule has 0 fully saturated rings. The first-order valence-corrected chi connectivity index (χ1v) is 10.3. The molecule has 0 unspecified atom stereocenters. The molecule has 2 aromatic rings. The van der Waals surface area contributed by atoms with E-state index in [-0.39, 0.29) is 29.8 Å². The van der Waals surface area contributed by atoms with Crippen LogP contribution in [0.1, 0.15) is 52.3 Å². The van der Waals surface area contributed by atoms with Crippen LogP contribution in [0.25, 0.3) is 0 Å². The number of benzene rings is 1. The predicted molar refractivity (Wildman–Crippen MR) is 117 cm³/mol. The number of hydrogen-bond acceptors (Lipinski definition) is 2. The number of aromatic nitrogens is 1. The van der Waals surface area contributed by atoms with E-state index in [1.165, 1.54) is 0 Å². The Morgan fingerprint density at radius 3 is 2.14 bits per heavy atom. The number of nitrogens with zero attached hydrogens (tertiary/aromatic N) is 3. The number of amides is 2. The van der Waals surface area contributed by atoms with Gasteiger partial charge in [-0.25, -0.2) is 0 Å². The molecule has 1 heterocycles. The number of carbonyl (C=O) groups is 2. The van der Waals surface area contributed by atoms with Crippen molar-refractivity contribution in [3.63, 3.8) is 0 Å². The van der Waals surface area contributed by atoms with Crippen molar-refractivity contribution in [2.75, 3.05) is 6.54 Å². The Hall–Kier alpha value is -2.56. The van der Waals surface area contributed by atoms with Gasteiger partial charge in [0.1, 0.15) is 0 Å². The maximum Gasteiger partial charge on any atom is 0.242 e. The first kappa shape index (κ1) is 22.7. The average Bonchev–Trinajstić information content (AvgIpc) is 3.02. The zero-order valence-electron chi connectivity index (χ0n) is 18.7. The topological polar surface area (TPSA) is 45.6 Å². The molecule has 0 bridgehead atoms. The number of aryl methyl sites for hydroxylation is 1. The Bertz CT molecular complexity index is 803. The molecule has 5 heteroatoms. The van der Waals surface area contributed by atoms with Crippen molar-refractivity contribution in [3.8, 4) is 0 Å². The van der Waals surface area contributed by atoms with E-state index in [1.807, 2.05) is 99.8 Å². The summed E-state index contributed by atoms with van der Waals surface area (Å²) in [6.45, 7) is 11.2. The molecule has 158 valence electrons. The quantitative estimate of drug-likeness (QED) is 0.669. The van der Waals surface area contributed by atoms with Gasteiger partial charge >= 0.3 is 0 Å². The smallest absolute Gasteiger partial charge is 0.242 e. The molecule has 29 heavy (non-hydrogen) atoms. The van der Waals surface area contributed by atoms with Crippen LogP contribution in [0.3, 0.4) is 0 Å². The zero-order valence-corrected chi connectivity index (χ0v) is 18.7. The second kappa shape index (κ2) is 9.77. The van der Waals surface area contributed by atoms with Gasteiger partial charge in [-0.2, -0.15) is 0 Å². The summed E-state index contributed by atoms with van der Waals surface area (Å²) in [7, 11) is 1.98. The molecule has 0 saturated heterocycles. The maximum absolute atomic E-state index is 13.3. The van der Waals surface area contributed by atoms with Crippen LogP contribution in [0, 0.1) is 5.41 Å². The van der Waals surface area contributed by atoms with Gasteiger partial charge in [0.2, 0.25) is 11.8 Å². The minimum absolute atomic E-state index is 0.0255. The van der Waals surface area contributed by atoms with Gasteiger partial charge < -0.3 is 14.4 Å². The van der Waals surface area contributed by atoms with Crippen LogP contribution in [0.4, 0.5) is 0 Å². The molecule has 0 atom stereocenters. The van der Waals surface area contributed by atoms with Crippen molar-refractivity contribution in [2.45, 2.75) is 60.2 Å².